The lowest BCUT2D eigenvalue weighted by molar-refractivity contribution is -0.121. The fourth-order valence-electron chi connectivity index (χ4n) is 2.85. The number of benzene rings is 1. The SMILES string of the molecule is COc1cc(C)c(C(N)C2(CN)COC2)c(C)c1C. The lowest BCUT2D eigenvalue weighted by atomic mass is 9.73. The summed E-state index contributed by atoms with van der Waals surface area (Å²) in [6.45, 7) is 8.09. The molecule has 0 aliphatic carbocycles. The Kier molecular flexibility index (Phi) is 3.85. The van der Waals surface area contributed by atoms with E-state index in [0.717, 1.165) is 16.9 Å². The molecule has 0 saturated carbocycles. The predicted octanol–water partition coefficient (Wildman–Crippen LogP) is 1.60. The first-order valence-corrected chi connectivity index (χ1v) is 6.65. The zero-order chi connectivity index (χ0) is 14.2. The molecule has 4 N–H and O–H groups in total. The average Bonchev–Trinajstić information content (AvgIpc) is 2.33. The van der Waals surface area contributed by atoms with E-state index in [1.165, 1.54) is 11.1 Å². The van der Waals surface area contributed by atoms with Crippen LogP contribution in [0.1, 0.15) is 28.3 Å². The van der Waals surface area contributed by atoms with Crippen LogP contribution in [0.2, 0.25) is 0 Å². The summed E-state index contributed by atoms with van der Waals surface area (Å²) in [7, 11) is 1.70. The Hall–Kier alpha value is -1.10. The summed E-state index contributed by atoms with van der Waals surface area (Å²) >= 11 is 0. The standard InChI is InChI=1S/C15H24N2O2/c1-9-5-12(18-4)10(2)11(3)13(9)14(17)15(6-16)7-19-8-15/h5,14H,6-8,16-17H2,1-4H3. The minimum Gasteiger partial charge on any atom is -0.496 e. The second-order valence-corrected chi connectivity index (χ2v) is 5.60. The highest BCUT2D eigenvalue weighted by atomic mass is 16.5. The number of nitrogens with two attached hydrogens (primary N) is 2. The average molecular weight is 264 g/mol. The van der Waals surface area contributed by atoms with Crippen LogP contribution in [0.25, 0.3) is 0 Å². The van der Waals surface area contributed by atoms with Crippen LogP contribution in [0.4, 0.5) is 0 Å². The maximum absolute atomic E-state index is 6.51. The third kappa shape index (κ3) is 2.14. The fraction of sp³-hybridized carbons (Fsp3) is 0.600. The van der Waals surface area contributed by atoms with Gasteiger partial charge in [-0.2, -0.15) is 0 Å². The van der Waals surface area contributed by atoms with Crippen LogP contribution in [-0.4, -0.2) is 26.9 Å². The van der Waals surface area contributed by atoms with E-state index in [2.05, 4.69) is 26.8 Å². The van der Waals surface area contributed by atoms with Crippen molar-refractivity contribution >= 4 is 0 Å². The van der Waals surface area contributed by atoms with E-state index >= 15 is 0 Å². The zero-order valence-corrected chi connectivity index (χ0v) is 12.2. The zero-order valence-electron chi connectivity index (χ0n) is 12.2. The van der Waals surface area contributed by atoms with Gasteiger partial charge in [0.1, 0.15) is 5.75 Å². The number of hydrogen-bond donors (Lipinski definition) is 2. The molecule has 19 heavy (non-hydrogen) atoms. The summed E-state index contributed by atoms with van der Waals surface area (Å²) in [6.07, 6.45) is 0. The van der Waals surface area contributed by atoms with Crippen molar-refractivity contribution < 1.29 is 9.47 Å². The number of ether oxygens (including phenoxy) is 2. The van der Waals surface area contributed by atoms with Gasteiger partial charge in [0.05, 0.1) is 20.3 Å². The molecule has 4 nitrogen and oxygen atoms in total. The topological polar surface area (TPSA) is 70.5 Å². The minimum atomic E-state index is -0.115. The minimum absolute atomic E-state index is 0.0872. The van der Waals surface area contributed by atoms with Gasteiger partial charge in [0.15, 0.2) is 0 Å². The number of aryl methyl sites for hydroxylation is 1. The largest absolute Gasteiger partial charge is 0.496 e. The van der Waals surface area contributed by atoms with Gasteiger partial charge in [0, 0.05) is 18.0 Å². The molecular weight excluding hydrogens is 240 g/mol. The van der Waals surface area contributed by atoms with Gasteiger partial charge in [-0.25, -0.2) is 0 Å². The van der Waals surface area contributed by atoms with Crippen LogP contribution >= 0.6 is 0 Å². The number of methoxy groups -OCH3 is 1. The Bertz CT molecular complexity index is 476. The summed E-state index contributed by atoms with van der Waals surface area (Å²) in [6, 6.07) is 1.97. The van der Waals surface area contributed by atoms with Crippen molar-refractivity contribution in [3.05, 3.63) is 28.3 Å². The van der Waals surface area contributed by atoms with Gasteiger partial charge in [-0.1, -0.05) is 0 Å². The Labute approximate surface area is 115 Å². The molecule has 4 heteroatoms. The third-order valence-corrected chi connectivity index (χ3v) is 4.48. The van der Waals surface area contributed by atoms with E-state index in [0.29, 0.717) is 19.8 Å². The monoisotopic (exact) mass is 264 g/mol. The molecule has 0 bridgehead atoms. The molecule has 1 unspecified atom stereocenters. The molecule has 1 aromatic carbocycles. The molecule has 1 heterocycles. The van der Waals surface area contributed by atoms with Crippen LogP contribution in [0.5, 0.6) is 5.75 Å². The summed E-state index contributed by atoms with van der Waals surface area (Å²) in [5.74, 6) is 0.914. The molecule has 0 amide bonds. The van der Waals surface area contributed by atoms with E-state index in [9.17, 15) is 0 Å². The predicted molar refractivity (Wildman–Crippen MR) is 76.4 cm³/mol. The van der Waals surface area contributed by atoms with Crippen molar-refractivity contribution in [1.29, 1.82) is 0 Å². The molecular formula is C15H24N2O2. The molecule has 0 aromatic heterocycles. The van der Waals surface area contributed by atoms with Crippen molar-refractivity contribution in [3.63, 3.8) is 0 Å². The van der Waals surface area contributed by atoms with E-state index < -0.39 is 0 Å². The maximum Gasteiger partial charge on any atom is 0.122 e. The first kappa shape index (κ1) is 14.3. The number of hydrogen-bond acceptors (Lipinski definition) is 4. The summed E-state index contributed by atoms with van der Waals surface area (Å²) in [4.78, 5) is 0. The molecule has 0 spiro atoms. The molecule has 0 radical (unpaired) electrons. The quantitative estimate of drug-likeness (QED) is 0.866. The molecule has 106 valence electrons. The van der Waals surface area contributed by atoms with Crippen molar-refractivity contribution in [2.75, 3.05) is 26.9 Å². The van der Waals surface area contributed by atoms with Gasteiger partial charge >= 0.3 is 0 Å². The molecule has 1 atom stereocenters. The Morgan fingerprint density at radius 1 is 1.32 bits per heavy atom. The fourth-order valence-corrected chi connectivity index (χ4v) is 2.85. The van der Waals surface area contributed by atoms with Gasteiger partial charge < -0.3 is 20.9 Å². The van der Waals surface area contributed by atoms with Gasteiger partial charge in [-0.05, 0) is 49.1 Å². The first-order chi connectivity index (χ1) is 8.96. The van der Waals surface area contributed by atoms with Crippen LogP contribution in [-0.2, 0) is 4.74 Å². The second-order valence-electron chi connectivity index (χ2n) is 5.60. The van der Waals surface area contributed by atoms with Gasteiger partial charge in [-0.15, -0.1) is 0 Å². The molecule has 1 aliphatic heterocycles. The van der Waals surface area contributed by atoms with Gasteiger partial charge in [0.25, 0.3) is 0 Å². The van der Waals surface area contributed by atoms with Crippen LogP contribution in [0, 0.1) is 26.2 Å². The number of rotatable bonds is 4. The van der Waals surface area contributed by atoms with Crippen LogP contribution < -0.4 is 16.2 Å². The maximum atomic E-state index is 6.51. The summed E-state index contributed by atoms with van der Waals surface area (Å²) < 4.78 is 10.7. The Morgan fingerprint density at radius 2 is 1.95 bits per heavy atom. The smallest absolute Gasteiger partial charge is 0.122 e. The van der Waals surface area contributed by atoms with Gasteiger partial charge in [0.2, 0.25) is 0 Å². The third-order valence-electron chi connectivity index (χ3n) is 4.48. The molecule has 2 rings (SSSR count). The van der Waals surface area contributed by atoms with Crippen LogP contribution in [0.15, 0.2) is 6.07 Å². The molecule has 1 aromatic rings. The highest BCUT2D eigenvalue weighted by molar-refractivity contribution is 5.50. The first-order valence-electron chi connectivity index (χ1n) is 6.65. The van der Waals surface area contributed by atoms with E-state index in [4.69, 9.17) is 20.9 Å². The van der Waals surface area contributed by atoms with E-state index in [-0.39, 0.29) is 11.5 Å². The van der Waals surface area contributed by atoms with Crippen LogP contribution in [0.3, 0.4) is 0 Å². The Balaban J connectivity index is 2.48. The second kappa shape index (κ2) is 5.12. The lowest BCUT2D eigenvalue weighted by Gasteiger charge is -2.46. The van der Waals surface area contributed by atoms with Crippen molar-refractivity contribution in [2.24, 2.45) is 16.9 Å². The molecule has 1 fully saturated rings. The van der Waals surface area contributed by atoms with Crippen molar-refractivity contribution in [3.8, 4) is 5.75 Å². The summed E-state index contributed by atoms with van der Waals surface area (Å²) in [5, 5.41) is 0. The molecule has 1 aliphatic rings. The van der Waals surface area contributed by atoms with E-state index in [1.54, 1.807) is 7.11 Å². The summed E-state index contributed by atoms with van der Waals surface area (Å²) in [5.41, 5.74) is 17.0. The van der Waals surface area contributed by atoms with Crippen molar-refractivity contribution in [1.82, 2.24) is 0 Å². The lowest BCUT2D eigenvalue weighted by Crippen LogP contribution is -2.55. The van der Waals surface area contributed by atoms with E-state index in [1.807, 2.05) is 0 Å². The Morgan fingerprint density at radius 3 is 2.37 bits per heavy atom. The molecule has 1 saturated heterocycles. The van der Waals surface area contributed by atoms with Gasteiger partial charge in [-0.3, -0.25) is 0 Å². The van der Waals surface area contributed by atoms with Crippen molar-refractivity contribution in [2.45, 2.75) is 26.8 Å². The highest BCUT2D eigenvalue weighted by Crippen LogP contribution is 2.42. The normalized spacial score (nSPS) is 18.8. The highest BCUT2D eigenvalue weighted by Gasteiger charge is 2.44.